The van der Waals surface area contributed by atoms with Crippen LogP contribution in [0.15, 0.2) is 47.2 Å². The molecule has 3 rings (SSSR count). The van der Waals surface area contributed by atoms with Crippen LogP contribution in [0.2, 0.25) is 0 Å². The van der Waals surface area contributed by atoms with Gasteiger partial charge in [-0.2, -0.15) is 0 Å². The number of nitro benzene ring substituents is 1. The number of halogens is 1. The molecule has 0 aliphatic heterocycles. The van der Waals surface area contributed by atoms with Crippen molar-refractivity contribution in [3.05, 3.63) is 68.4 Å². The van der Waals surface area contributed by atoms with Gasteiger partial charge in [-0.3, -0.25) is 20.2 Å². The van der Waals surface area contributed by atoms with Crippen molar-refractivity contribution in [2.24, 2.45) is 0 Å². The second kappa shape index (κ2) is 8.69. The zero-order chi connectivity index (χ0) is 21.0. The van der Waals surface area contributed by atoms with E-state index in [9.17, 15) is 14.9 Å². The molecule has 0 fully saturated rings. The number of amides is 1. The van der Waals surface area contributed by atoms with Crippen molar-refractivity contribution in [3.63, 3.8) is 0 Å². The number of ether oxygens (including phenoxy) is 2. The van der Waals surface area contributed by atoms with E-state index in [1.807, 2.05) is 24.3 Å². The number of aromatic nitrogens is 3. The fraction of sp³-hybridized carbons (Fsp3) is 0.167. The normalized spacial score (nSPS) is 10.4. The van der Waals surface area contributed by atoms with Crippen molar-refractivity contribution in [1.29, 1.82) is 0 Å². The Hall–Kier alpha value is -3.47. The highest BCUT2D eigenvalue weighted by atomic mass is 79.9. The summed E-state index contributed by atoms with van der Waals surface area (Å²) in [5.74, 6) is -0.375. The van der Waals surface area contributed by atoms with Gasteiger partial charge in [-0.05, 0) is 17.7 Å². The number of methoxy groups -OCH3 is 2. The van der Waals surface area contributed by atoms with Gasteiger partial charge in [-0.1, -0.05) is 28.1 Å². The van der Waals surface area contributed by atoms with Crippen LogP contribution in [0.25, 0.3) is 0 Å². The Bertz CT molecular complexity index is 1050. The van der Waals surface area contributed by atoms with Crippen LogP contribution in [-0.4, -0.2) is 39.8 Å². The first-order valence-electron chi connectivity index (χ1n) is 8.27. The Kier molecular flexibility index (Phi) is 6.07. The predicted octanol–water partition coefficient (Wildman–Crippen LogP) is 3.27. The van der Waals surface area contributed by atoms with Crippen molar-refractivity contribution >= 4 is 33.5 Å². The van der Waals surface area contributed by atoms with Gasteiger partial charge in [0.15, 0.2) is 11.5 Å². The van der Waals surface area contributed by atoms with Crippen LogP contribution >= 0.6 is 15.9 Å². The van der Waals surface area contributed by atoms with Gasteiger partial charge in [0.2, 0.25) is 5.95 Å². The first kappa shape index (κ1) is 20.3. The highest BCUT2D eigenvalue weighted by molar-refractivity contribution is 9.10. The van der Waals surface area contributed by atoms with E-state index in [-0.39, 0.29) is 23.0 Å². The van der Waals surface area contributed by atoms with Gasteiger partial charge in [-0.25, -0.2) is 9.67 Å². The summed E-state index contributed by atoms with van der Waals surface area (Å²) in [7, 11) is 2.72. The SMILES string of the molecule is COc1cc(C(=O)Nc2ncn(Cc3ccc(Br)cc3)n2)c([N+](=O)[O-])cc1OC. The smallest absolute Gasteiger partial charge is 0.286 e. The summed E-state index contributed by atoms with van der Waals surface area (Å²) in [5, 5.41) is 18.0. The lowest BCUT2D eigenvalue weighted by molar-refractivity contribution is -0.385. The van der Waals surface area contributed by atoms with Crippen LogP contribution in [0.5, 0.6) is 11.5 Å². The molecule has 3 aromatic rings. The molecule has 1 heterocycles. The molecule has 0 atom stereocenters. The van der Waals surface area contributed by atoms with E-state index in [1.54, 1.807) is 4.68 Å². The van der Waals surface area contributed by atoms with E-state index < -0.39 is 16.5 Å². The number of nitrogens with zero attached hydrogens (tertiary/aromatic N) is 4. The Balaban J connectivity index is 1.80. The quantitative estimate of drug-likeness (QED) is 0.423. The first-order valence-corrected chi connectivity index (χ1v) is 9.06. The average molecular weight is 462 g/mol. The summed E-state index contributed by atoms with van der Waals surface area (Å²) in [4.78, 5) is 27.3. The Morgan fingerprint density at radius 3 is 2.48 bits per heavy atom. The molecular weight excluding hydrogens is 446 g/mol. The summed E-state index contributed by atoms with van der Waals surface area (Å²) in [6, 6.07) is 10.0. The van der Waals surface area contributed by atoms with Gasteiger partial charge in [-0.15, -0.1) is 5.10 Å². The van der Waals surface area contributed by atoms with Crippen molar-refractivity contribution in [2.75, 3.05) is 19.5 Å². The van der Waals surface area contributed by atoms with Crippen LogP contribution < -0.4 is 14.8 Å². The highest BCUT2D eigenvalue weighted by Gasteiger charge is 2.25. The van der Waals surface area contributed by atoms with E-state index in [0.29, 0.717) is 6.54 Å². The summed E-state index contributed by atoms with van der Waals surface area (Å²) in [6.07, 6.45) is 1.46. The molecule has 29 heavy (non-hydrogen) atoms. The maximum atomic E-state index is 12.6. The minimum atomic E-state index is -0.737. The molecule has 0 saturated carbocycles. The molecule has 10 nitrogen and oxygen atoms in total. The number of nitrogens with one attached hydrogen (secondary N) is 1. The van der Waals surface area contributed by atoms with Crippen molar-refractivity contribution in [2.45, 2.75) is 6.54 Å². The van der Waals surface area contributed by atoms with E-state index in [0.717, 1.165) is 16.1 Å². The lowest BCUT2D eigenvalue weighted by atomic mass is 10.1. The van der Waals surface area contributed by atoms with Crippen molar-refractivity contribution in [3.8, 4) is 11.5 Å². The molecule has 0 unspecified atom stereocenters. The Morgan fingerprint density at radius 1 is 1.21 bits per heavy atom. The maximum Gasteiger partial charge on any atom is 0.286 e. The number of carbonyl (C=O) groups excluding carboxylic acids is 1. The molecule has 11 heteroatoms. The zero-order valence-electron chi connectivity index (χ0n) is 15.5. The first-order chi connectivity index (χ1) is 13.9. The van der Waals surface area contributed by atoms with Gasteiger partial charge < -0.3 is 9.47 Å². The van der Waals surface area contributed by atoms with Crippen molar-refractivity contribution < 1.29 is 19.2 Å². The number of anilines is 1. The summed E-state index contributed by atoms with van der Waals surface area (Å²) < 4.78 is 12.7. The Labute approximate surface area is 173 Å². The van der Waals surface area contributed by atoms with Gasteiger partial charge in [0.1, 0.15) is 11.9 Å². The lowest BCUT2D eigenvalue weighted by Gasteiger charge is -2.10. The molecule has 0 spiro atoms. The van der Waals surface area contributed by atoms with Crippen LogP contribution in [0.4, 0.5) is 11.6 Å². The number of hydrogen-bond acceptors (Lipinski definition) is 7. The number of benzene rings is 2. The molecule has 1 amide bonds. The molecular formula is C18H16BrN5O5. The highest BCUT2D eigenvalue weighted by Crippen LogP contribution is 2.34. The summed E-state index contributed by atoms with van der Waals surface area (Å²) in [6.45, 7) is 0.451. The summed E-state index contributed by atoms with van der Waals surface area (Å²) >= 11 is 3.37. The molecule has 1 aromatic heterocycles. The monoisotopic (exact) mass is 461 g/mol. The third kappa shape index (κ3) is 4.69. The molecule has 1 N–H and O–H groups in total. The fourth-order valence-corrected chi connectivity index (χ4v) is 2.84. The molecule has 150 valence electrons. The number of carbonyl (C=O) groups is 1. The largest absolute Gasteiger partial charge is 0.493 e. The molecule has 0 bridgehead atoms. The van der Waals surface area contributed by atoms with Gasteiger partial charge >= 0.3 is 0 Å². The summed E-state index contributed by atoms with van der Waals surface area (Å²) in [5.41, 5.74) is 0.373. The Morgan fingerprint density at radius 2 is 1.86 bits per heavy atom. The lowest BCUT2D eigenvalue weighted by Crippen LogP contribution is -2.15. The van der Waals surface area contributed by atoms with Gasteiger partial charge in [0.25, 0.3) is 11.6 Å². The minimum absolute atomic E-state index is 0.0243. The van der Waals surface area contributed by atoms with E-state index in [4.69, 9.17) is 9.47 Å². The minimum Gasteiger partial charge on any atom is -0.493 e. The second-order valence-electron chi connectivity index (χ2n) is 5.83. The molecule has 0 aliphatic carbocycles. The number of rotatable bonds is 7. The number of nitro groups is 1. The van der Waals surface area contributed by atoms with Crippen LogP contribution in [0.1, 0.15) is 15.9 Å². The van der Waals surface area contributed by atoms with E-state index in [2.05, 4.69) is 31.3 Å². The van der Waals surface area contributed by atoms with Gasteiger partial charge in [0, 0.05) is 10.5 Å². The standard InChI is InChI=1S/C18H16BrN5O5/c1-28-15-7-13(14(24(26)27)8-16(15)29-2)17(25)21-18-20-10-23(22-18)9-11-3-5-12(19)6-4-11/h3-8,10H,9H2,1-2H3,(H,21,22,25). The average Bonchev–Trinajstić information content (AvgIpc) is 3.15. The third-order valence-corrected chi connectivity index (χ3v) is 4.49. The fourth-order valence-electron chi connectivity index (χ4n) is 2.58. The van der Waals surface area contributed by atoms with Crippen LogP contribution in [0.3, 0.4) is 0 Å². The third-order valence-electron chi connectivity index (χ3n) is 3.96. The molecule has 0 aliphatic rings. The van der Waals surface area contributed by atoms with E-state index in [1.165, 1.54) is 26.6 Å². The molecule has 0 saturated heterocycles. The molecule has 2 aromatic carbocycles. The topological polar surface area (TPSA) is 121 Å². The van der Waals surface area contributed by atoms with Crippen molar-refractivity contribution in [1.82, 2.24) is 14.8 Å². The zero-order valence-corrected chi connectivity index (χ0v) is 17.0. The van der Waals surface area contributed by atoms with Gasteiger partial charge in [0.05, 0.1) is 31.8 Å². The van der Waals surface area contributed by atoms with E-state index >= 15 is 0 Å². The van der Waals surface area contributed by atoms with Crippen LogP contribution in [0, 0.1) is 10.1 Å². The maximum absolute atomic E-state index is 12.6. The van der Waals surface area contributed by atoms with Crippen LogP contribution in [-0.2, 0) is 6.54 Å². The second-order valence-corrected chi connectivity index (χ2v) is 6.74. The molecule has 0 radical (unpaired) electrons. The number of hydrogen-bond donors (Lipinski definition) is 1. The predicted molar refractivity (Wildman–Crippen MR) is 107 cm³/mol.